The van der Waals surface area contributed by atoms with Crippen LogP contribution in [0.15, 0.2) is 59.2 Å². The van der Waals surface area contributed by atoms with E-state index in [0.29, 0.717) is 24.7 Å². The molecule has 33 heavy (non-hydrogen) atoms. The zero-order valence-electron chi connectivity index (χ0n) is 20.0. The lowest BCUT2D eigenvalue weighted by atomic mass is 10.1. The van der Waals surface area contributed by atoms with Crippen LogP contribution in [-0.4, -0.2) is 36.1 Å². The molecule has 0 radical (unpaired) electrons. The Hall–Kier alpha value is -3.32. The van der Waals surface area contributed by atoms with Crippen molar-refractivity contribution < 1.29 is 18.7 Å². The van der Waals surface area contributed by atoms with Gasteiger partial charge in [0.25, 0.3) is 5.91 Å². The van der Waals surface area contributed by atoms with Crippen LogP contribution in [-0.2, 0) is 13.1 Å². The lowest BCUT2D eigenvalue weighted by Gasteiger charge is -2.29. The van der Waals surface area contributed by atoms with Gasteiger partial charge in [-0.25, -0.2) is 4.98 Å². The summed E-state index contributed by atoms with van der Waals surface area (Å²) in [6.45, 7) is 7.16. The number of oxazole rings is 1. The number of carbonyl (C=O) groups is 1. The van der Waals surface area contributed by atoms with Gasteiger partial charge in [-0.2, -0.15) is 0 Å². The zero-order valence-corrected chi connectivity index (χ0v) is 20.0. The third-order valence-electron chi connectivity index (χ3n) is 5.81. The summed E-state index contributed by atoms with van der Waals surface area (Å²) in [4.78, 5) is 19.1. The highest BCUT2D eigenvalue weighted by Gasteiger charge is 2.22. The van der Waals surface area contributed by atoms with E-state index < -0.39 is 0 Å². The van der Waals surface area contributed by atoms with Crippen molar-refractivity contribution in [3.63, 3.8) is 0 Å². The van der Waals surface area contributed by atoms with E-state index in [9.17, 15) is 4.79 Å². The molecule has 0 unspecified atom stereocenters. The van der Waals surface area contributed by atoms with Crippen LogP contribution in [0.1, 0.15) is 60.7 Å². The molecule has 1 heterocycles. The Labute approximate surface area is 195 Å². The summed E-state index contributed by atoms with van der Waals surface area (Å²) >= 11 is 0. The van der Waals surface area contributed by atoms with Gasteiger partial charge in [0.05, 0.1) is 20.8 Å². The Balaban J connectivity index is 1.85. The van der Waals surface area contributed by atoms with Crippen LogP contribution in [0.2, 0.25) is 0 Å². The smallest absolute Gasteiger partial charge is 0.273 e. The van der Waals surface area contributed by atoms with Gasteiger partial charge in [0.1, 0.15) is 17.8 Å². The van der Waals surface area contributed by atoms with Crippen molar-refractivity contribution in [2.75, 3.05) is 14.2 Å². The molecule has 2 aromatic carbocycles. The van der Waals surface area contributed by atoms with Gasteiger partial charge in [0, 0.05) is 30.3 Å². The van der Waals surface area contributed by atoms with E-state index >= 15 is 0 Å². The molecule has 1 amide bonds. The number of nitrogens with one attached hydrogen (secondary N) is 1. The predicted molar refractivity (Wildman–Crippen MR) is 127 cm³/mol. The van der Waals surface area contributed by atoms with Crippen molar-refractivity contribution in [2.45, 2.75) is 52.4 Å². The Morgan fingerprint density at radius 3 is 2.52 bits per heavy atom. The van der Waals surface area contributed by atoms with E-state index in [4.69, 9.17) is 13.9 Å². The molecule has 3 aromatic rings. The number of nitrogens with zero attached hydrogens (tertiary/aromatic N) is 2. The van der Waals surface area contributed by atoms with E-state index in [1.165, 1.54) is 11.8 Å². The minimum Gasteiger partial charge on any atom is -0.497 e. The van der Waals surface area contributed by atoms with Crippen LogP contribution in [0.4, 0.5) is 0 Å². The molecule has 2 atom stereocenters. The lowest BCUT2D eigenvalue weighted by molar-refractivity contribution is 0.0934. The van der Waals surface area contributed by atoms with Crippen molar-refractivity contribution in [2.24, 2.45) is 0 Å². The zero-order chi connectivity index (χ0) is 23.8. The normalized spacial score (nSPS) is 12.9. The van der Waals surface area contributed by atoms with Gasteiger partial charge in [-0.1, -0.05) is 43.3 Å². The molecule has 0 saturated heterocycles. The summed E-state index contributed by atoms with van der Waals surface area (Å²) in [5, 5.41) is 2.92. The molecule has 0 fully saturated rings. The molecule has 0 aliphatic rings. The Morgan fingerprint density at radius 2 is 1.85 bits per heavy atom. The van der Waals surface area contributed by atoms with Crippen LogP contribution < -0.4 is 14.8 Å². The van der Waals surface area contributed by atoms with Crippen molar-refractivity contribution in [3.05, 3.63) is 77.5 Å². The molecular formula is C26H33N3O4. The molecule has 0 aliphatic heterocycles. The number of benzene rings is 2. The average Bonchev–Trinajstić information content (AvgIpc) is 3.32. The van der Waals surface area contributed by atoms with Crippen LogP contribution in [0, 0.1) is 0 Å². The first-order valence-corrected chi connectivity index (χ1v) is 11.2. The molecule has 0 saturated carbocycles. The van der Waals surface area contributed by atoms with E-state index in [-0.39, 0.29) is 18.0 Å². The van der Waals surface area contributed by atoms with Gasteiger partial charge < -0.3 is 19.2 Å². The summed E-state index contributed by atoms with van der Waals surface area (Å²) < 4.78 is 16.6. The summed E-state index contributed by atoms with van der Waals surface area (Å²) in [5.41, 5.74) is 2.48. The maximum Gasteiger partial charge on any atom is 0.273 e. The molecule has 0 bridgehead atoms. The maximum absolute atomic E-state index is 12.4. The minimum atomic E-state index is -0.223. The SMILES string of the molecule is CC[C@H](C)NC(=O)c1coc(CN(Cc2ccc(OC)cc2OC)[C@@H](C)c2ccccc2)n1. The second-order valence-electron chi connectivity index (χ2n) is 8.08. The van der Waals surface area contributed by atoms with E-state index in [1.54, 1.807) is 14.2 Å². The predicted octanol–water partition coefficient (Wildman–Crippen LogP) is 4.98. The molecule has 0 spiro atoms. The summed E-state index contributed by atoms with van der Waals surface area (Å²) in [6, 6.07) is 16.2. The van der Waals surface area contributed by atoms with Gasteiger partial charge in [-0.05, 0) is 31.9 Å². The number of ether oxygens (including phenoxy) is 2. The molecule has 176 valence electrons. The molecular weight excluding hydrogens is 418 g/mol. The molecule has 7 heteroatoms. The molecule has 1 N–H and O–H groups in total. The monoisotopic (exact) mass is 451 g/mol. The second-order valence-corrected chi connectivity index (χ2v) is 8.08. The Bertz CT molecular complexity index is 1040. The number of rotatable bonds is 11. The quantitative estimate of drug-likeness (QED) is 0.443. The molecule has 1 aromatic heterocycles. The van der Waals surface area contributed by atoms with Crippen molar-refractivity contribution >= 4 is 5.91 Å². The number of amides is 1. The highest BCUT2D eigenvalue weighted by molar-refractivity contribution is 5.92. The van der Waals surface area contributed by atoms with Crippen LogP contribution in [0.5, 0.6) is 11.5 Å². The fraction of sp³-hybridized carbons (Fsp3) is 0.385. The van der Waals surface area contributed by atoms with Gasteiger partial charge in [-0.3, -0.25) is 9.69 Å². The summed E-state index contributed by atoms with van der Waals surface area (Å²) in [6.07, 6.45) is 2.27. The highest BCUT2D eigenvalue weighted by atomic mass is 16.5. The minimum absolute atomic E-state index is 0.0716. The third-order valence-corrected chi connectivity index (χ3v) is 5.81. The summed E-state index contributed by atoms with van der Waals surface area (Å²) in [7, 11) is 3.29. The number of aromatic nitrogens is 1. The molecule has 0 aliphatic carbocycles. The largest absolute Gasteiger partial charge is 0.497 e. The van der Waals surface area contributed by atoms with Crippen molar-refractivity contribution in [3.8, 4) is 11.5 Å². The molecule has 3 rings (SSSR count). The topological polar surface area (TPSA) is 76.8 Å². The van der Waals surface area contributed by atoms with Crippen molar-refractivity contribution in [1.82, 2.24) is 15.2 Å². The van der Waals surface area contributed by atoms with E-state index in [0.717, 1.165) is 23.5 Å². The Morgan fingerprint density at radius 1 is 1.09 bits per heavy atom. The fourth-order valence-corrected chi connectivity index (χ4v) is 3.53. The van der Waals surface area contributed by atoms with Crippen LogP contribution in [0.3, 0.4) is 0 Å². The lowest BCUT2D eigenvalue weighted by Crippen LogP contribution is -2.32. The average molecular weight is 452 g/mol. The standard InChI is InChI=1S/C26H33N3O4/c1-6-18(2)27-26(30)23-17-33-25(28-23)16-29(19(3)20-10-8-7-9-11-20)15-21-12-13-22(31-4)14-24(21)32-5/h7-14,17-19H,6,15-16H2,1-5H3,(H,27,30)/t18-,19-/m0/s1. The summed E-state index contributed by atoms with van der Waals surface area (Å²) in [5.74, 6) is 1.75. The Kier molecular flexibility index (Phi) is 8.49. The van der Waals surface area contributed by atoms with E-state index in [1.807, 2.05) is 50.2 Å². The first kappa shape index (κ1) is 24.3. The number of carbonyl (C=O) groups excluding carboxylic acids is 1. The number of hydrogen-bond donors (Lipinski definition) is 1. The van der Waals surface area contributed by atoms with Gasteiger partial charge in [0.15, 0.2) is 5.69 Å². The van der Waals surface area contributed by atoms with Gasteiger partial charge >= 0.3 is 0 Å². The maximum atomic E-state index is 12.4. The third kappa shape index (κ3) is 6.35. The van der Waals surface area contributed by atoms with Crippen LogP contribution in [0.25, 0.3) is 0 Å². The highest BCUT2D eigenvalue weighted by Crippen LogP contribution is 2.30. The molecule has 7 nitrogen and oxygen atoms in total. The second kappa shape index (κ2) is 11.5. The number of methoxy groups -OCH3 is 2. The van der Waals surface area contributed by atoms with Crippen LogP contribution >= 0.6 is 0 Å². The van der Waals surface area contributed by atoms with Gasteiger partial charge in [-0.15, -0.1) is 0 Å². The first-order valence-electron chi connectivity index (χ1n) is 11.2. The number of hydrogen-bond acceptors (Lipinski definition) is 6. The fourth-order valence-electron chi connectivity index (χ4n) is 3.53. The van der Waals surface area contributed by atoms with E-state index in [2.05, 4.69) is 34.3 Å². The van der Waals surface area contributed by atoms with Gasteiger partial charge in [0.2, 0.25) is 5.89 Å². The van der Waals surface area contributed by atoms with Crippen molar-refractivity contribution in [1.29, 1.82) is 0 Å². The first-order chi connectivity index (χ1) is 15.9.